The maximum absolute atomic E-state index is 12.0. The van der Waals surface area contributed by atoms with Crippen LogP contribution in [0.25, 0.3) is 0 Å². The topological polar surface area (TPSA) is 99.3 Å². The number of halogens is 1. The summed E-state index contributed by atoms with van der Waals surface area (Å²) in [6.45, 7) is 3.52. The van der Waals surface area contributed by atoms with Gasteiger partial charge in [0.25, 0.3) is 17.7 Å². The minimum absolute atomic E-state index is 0.00725. The number of anilines is 1. The van der Waals surface area contributed by atoms with Gasteiger partial charge in [-0.3, -0.25) is 25.2 Å². The molecule has 0 fully saturated rings. The predicted octanol–water partition coefficient (Wildman–Crippen LogP) is 2.20. The van der Waals surface area contributed by atoms with Crippen molar-refractivity contribution in [2.45, 2.75) is 19.9 Å². The van der Waals surface area contributed by atoms with Crippen LogP contribution in [-0.2, 0) is 9.59 Å². The minimum Gasteiger partial charge on any atom is -0.376 e. The summed E-state index contributed by atoms with van der Waals surface area (Å²) in [7, 11) is 0. The maximum Gasteiger partial charge on any atom is 0.262 e. The minimum atomic E-state index is -0.797. The van der Waals surface area contributed by atoms with Gasteiger partial charge in [-0.05, 0) is 54.0 Å². The van der Waals surface area contributed by atoms with E-state index in [1.165, 1.54) is 18.3 Å². The summed E-state index contributed by atoms with van der Waals surface area (Å²) < 4.78 is 0.827. The quantitative estimate of drug-likeness (QED) is 0.519. The normalized spacial score (nSPS) is 11.3. The van der Waals surface area contributed by atoms with Gasteiger partial charge in [-0.1, -0.05) is 17.7 Å². The number of hydrogen-bond donors (Lipinski definition) is 4. The van der Waals surface area contributed by atoms with E-state index in [1.54, 1.807) is 12.1 Å². The molecule has 138 valence electrons. The van der Waals surface area contributed by atoms with Crippen LogP contribution < -0.4 is 21.5 Å². The molecule has 2 aromatic rings. The average Bonchev–Trinajstić information content (AvgIpc) is 3.05. The monoisotopic (exact) mass is 438 g/mol. The average molecular weight is 439 g/mol. The number of rotatable bonds is 6. The Kier molecular flexibility index (Phi) is 7.16. The van der Waals surface area contributed by atoms with E-state index in [0.29, 0.717) is 4.88 Å². The first-order valence-electron chi connectivity index (χ1n) is 7.80. The van der Waals surface area contributed by atoms with Crippen LogP contribution in [-0.4, -0.2) is 30.3 Å². The van der Waals surface area contributed by atoms with Crippen molar-refractivity contribution in [3.63, 3.8) is 0 Å². The molecule has 1 aromatic carbocycles. The molecule has 0 aliphatic rings. The van der Waals surface area contributed by atoms with Crippen LogP contribution in [0.1, 0.15) is 22.2 Å². The highest BCUT2D eigenvalue weighted by atomic mass is 79.9. The van der Waals surface area contributed by atoms with E-state index in [-0.39, 0.29) is 12.5 Å². The van der Waals surface area contributed by atoms with Crippen LogP contribution in [0.5, 0.6) is 0 Å². The van der Waals surface area contributed by atoms with Gasteiger partial charge in [0.05, 0.1) is 15.2 Å². The van der Waals surface area contributed by atoms with Gasteiger partial charge in [-0.15, -0.1) is 11.3 Å². The molecule has 0 spiro atoms. The molecule has 0 radical (unpaired) electrons. The largest absolute Gasteiger partial charge is 0.376 e. The summed E-state index contributed by atoms with van der Waals surface area (Å²) in [5.41, 5.74) is 6.52. The van der Waals surface area contributed by atoms with Gasteiger partial charge in [0.15, 0.2) is 0 Å². The summed E-state index contributed by atoms with van der Waals surface area (Å²) in [6, 6.07) is 10.2. The van der Waals surface area contributed by atoms with Crippen molar-refractivity contribution in [1.29, 1.82) is 0 Å². The Morgan fingerprint density at radius 2 is 1.77 bits per heavy atom. The number of benzene rings is 1. The molecule has 0 saturated heterocycles. The zero-order valence-electron chi connectivity index (χ0n) is 14.3. The lowest BCUT2D eigenvalue weighted by Crippen LogP contribution is -2.52. The molecule has 4 N–H and O–H groups in total. The molecule has 0 aliphatic carbocycles. The second-order valence-corrected chi connectivity index (χ2v) is 8.02. The number of aryl methyl sites for hydroxylation is 1. The van der Waals surface area contributed by atoms with Crippen molar-refractivity contribution in [2.75, 3.05) is 11.9 Å². The van der Waals surface area contributed by atoms with E-state index in [4.69, 9.17) is 0 Å². The van der Waals surface area contributed by atoms with E-state index < -0.39 is 17.9 Å². The first kappa shape index (κ1) is 19.9. The molecule has 1 unspecified atom stereocenters. The molecule has 0 aliphatic heterocycles. The molecular weight excluding hydrogens is 420 g/mol. The smallest absolute Gasteiger partial charge is 0.262 e. The van der Waals surface area contributed by atoms with Crippen molar-refractivity contribution in [2.24, 2.45) is 0 Å². The lowest BCUT2D eigenvalue weighted by molar-refractivity contribution is -0.128. The Bertz CT molecular complexity index is 792. The standard InChI is InChI=1S/C17H19BrN4O3S/c1-10-3-5-12(6-4-10)19-9-15(23)21-22-16(24)11(2)20-17(25)13-7-8-14(18)26-13/h3-8,11,19H,9H2,1-2H3,(H,20,25)(H,21,23)(H,22,24). The van der Waals surface area contributed by atoms with Crippen molar-refractivity contribution in [3.8, 4) is 0 Å². The number of carbonyl (C=O) groups is 3. The van der Waals surface area contributed by atoms with Crippen molar-refractivity contribution < 1.29 is 14.4 Å². The first-order chi connectivity index (χ1) is 12.3. The number of thiophene rings is 1. The molecule has 2 rings (SSSR count). The van der Waals surface area contributed by atoms with Crippen LogP contribution in [0.2, 0.25) is 0 Å². The second kappa shape index (κ2) is 9.35. The fourth-order valence-electron chi connectivity index (χ4n) is 1.91. The molecule has 0 saturated carbocycles. The number of nitrogens with one attached hydrogen (secondary N) is 4. The Morgan fingerprint density at radius 1 is 1.08 bits per heavy atom. The summed E-state index contributed by atoms with van der Waals surface area (Å²) in [4.78, 5) is 36.2. The zero-order valence-corrected chi connectivity index (χ0v) is 16.7. The third kappa shape index (κ3) is 6.16. The fraction of sp³-hybridized carbons (Fsp3) is 0.235. The van der Waals surface area contributed by atoms with E-state index in [9.17, 15) is 14.4 Å². The Morgan fingerprint density at radius 3 is 2.38 bits per heavy atom. The van der Waals surface area contributed by atoms with Crippen LogP contribution in [0.4, 0.5) is 5.69 Å². The highest BCUT2D eigenvalue weighted by molar-refractivity contribution is 9.11. The van der Waals surface area contributed by atoms with E-state index >= 15 is 0 Å². The van der Waals surface area contributed by atoms with Gasteiger partial charge in [-0.25, -0.2) is 0 Å². The van der Waals surface area contributed by atoms with Crippen LogP contribution in [0.15, 0.2) is 40.2 Å². The van der Waals surface area contributed by atoms with Gasteiger partial charge < -0.3 is 10.6 Å². The number of hydrazine groups is 1. The molecule has 1 aromatic heterocycles. The van der Waals surface area contributed by atoms with Gasteiger partial charge in [0.1, 0.15) is 6.04 Å². The van der Waals surface area contributed by atoms with E-state index in [1.807, 2.05) is 31.2 Å². The lowest BCUT2D eigenvalue weighted by Gasteiger charge is -2.14. The van der Waals surface area contributed by atoms with E-state index in [2.05, 4.69) is 37.4 Å². The predicted molar refractivity (Wildman–Crippen MR) is 105 cm³/mol. The molecule has 1 heterocycles. The van der Waals surface area contributed by atoms with Crippen molar-refractivity contribution in [1.82, 2.24) is 16.2 Å². The summed E-state index contributed by atoms with van der Waals surface area (Å²) in [6.07, 6.45) is 0. The summed E-state index contributed by atoms with van der Waals surface area (Å²) >= 11 is 4.55. The molecule has 0 bridgehead atoms. The van der Waals surface area contributed by atoms with Crippen LogP contribution in [0.3, 0.4) is 0 Å². The summed E-state index contributed by atoms with van der Waals surface area (Å²) in [5.74, 6) is -1.27. The van der Waals surface area contributed by atoms with E-state index in [0.717, 1.165) is 15.0 Å². The first-order valence-corrected chi connectivity index (χ1v) is 9.41. The van der Waals surface area contributed by atoms with Crippen LogP contribution >= 0.6 is 27.3 Å². The summed E-state index contributed by atoms with van der Waals surface area (Å²) in [5, 5.41) is 5.51. The Hall–Kier alpha value is -2.39. The SMILES string of the molecule is Cc1ccc(NCC(=O)NNC(=O)C(C)NC(=O)c2ccc(Br)s2)cc1. The Labute approximate surface area is 163 Å². The van der Waals surface area contributed by atoms with Gasteiger partial charge >= 0.3 is 0 Å². The van der Waals surface area contributed by atoms with Crippen molar-refractivity contribution in [3.05, 3.63) is 50.6 Å². The maximum atomic E-state index is 12.0. The highest BCUT2D eigenvalue weighted by Crippen LogP contribution is 2.21. The third-order valence-electron chi connectivity index (χ3n) is 3.37. The fourth-order valence-corrected chi connectivity index (χ4v) is 3.20. The Balaban J connectivity index is 1.71. The van der Waals surface area contributed by atoms with Crippen LogP contribution in [0, 0.1) is 6.92 Å². The highest BCUT2D eigenvalue weighted by Gasteiger charge is 2.18. The van der Waals surface area contributed by atoms with Crippen molar-refractivity contribution >= 4 is 50.7 Å². The molecule has 1 atom stereocenters. The number of amides is 3. The lowest BCUT2D eigenvalue weighted by atomic mass is 10.2. The van der Waals surface area contributed by atoms with Gasteiger partial charge in [0, 0.05) is 5.69 Å². The second-order valence-electron chi connectivity index (χ2n) is 5.56. The zero-order chi connectivity index (χ0) is 19.1. The molecule has 7 nitrogen and oxygen atoms in total. The number of hydrogen-bond acceptors (Lipinski definition) is 5. The third-order valence-corrected chi connectivity index (χ3v) is 4.99. The molecule has 9 heteroatoms. The van der Waals surface area contributed by atoms with Gasteiger partial charge in [-0.2, -0.15) is 0 Å². The van der Waals surface area contributed by atoms with Gasteiger partial charge in [0.2, 0.25) is 0 Å². The number of carbonyl (C=O) groups excluding carboxylic acids is 3. The molecule has 3 amide bonds. The molecular formula is C17H19BrN4O3S. The molecule has 26 heavy (non-hydrogen) atoms.